The summed E-state index contributed by atoms with van der Waals surface area (Å²) in [4.78, 5) is 15.5. The molecule has 26 heavy (non-hydrogen) atoms. The number of rotatable bonds is 3. The van der Waals surface area contributed by atoms with Gasteiger partial charge in [0.1, 0.15) is 11.3 Å². The van der Waals surface area contributed by atoms with Crippen molar-refractivity contribution in [2.24, 2.45) is 0 Å². The van der Waals surface area contributed by atoms with E-state index in [4.69, 9.17) is 9.15 Å². The van der Waals surface area contributed by atoms with Crippen LogP contribution < -0.4 is 5.43 Å². The Morgan fingerprint density at radius 3 is 2.50 bits per heavy atom. The number of morpholine rings is 1. The fourth-order valence-electron chi connectivity index (χ4n) is 3.30. The minimum atomic E-state index is 0. The van der Waals surface area contributed by atoms with E-state index < -0.39 is 0 Å². The summed E-state index contributed by atoms with van der Waals surface area (Å²) in [6.07, 6.45) is 0. The molecule has 0 N–H and O–H groups in total. The Hall–Kier alpha value is -2.14. The Kier molecular flexibility index (Phi) is 5.77. The highest BCUT2D eigenvalue weighted by atomic mass is 35.5. The lowest BCUT2D eigenvalue weighted by atomic mass is 10.0. The van der Waals surface area contributed by atoms with Gasteiger partial charge in [0, 0.05) is 25.2 Å². The zero-order chi connectivity index (χ0) is 17.2. The van der Waals surface area contributed by atoms with Gasteiger partial charge in [-0.25, -0.2) is 0 Å². The van der Waals surface area contributed by atoms with Crippen molar-refractivity contribution in [3.8, 4) is 11.3 Å². The van der Waals surface area contributed by atoms with Gasteiger partial charge in [-0.15, -0.1) is 12.4 Å². The Morgan fingerprint density at radius 2 is 1.77 bits per heavy atom. The highest BCUT2D eigenvalue weighted by molar-refractivity contribution is 5.85. The number of aryl methyl sites for hydroxylation is 1. The van der Waals surface area contributed by atoms with Gasteiger partial charge < -0.3 is 9.15 Å². The number of hydrogen-bond acceptors (Lipinski definition) is 4. The zero-order valence-corrected chi connectivity index (χ0v) is 15.6. The molecule has 0 bridgehead atoms. The maximum atomic E-state index is 13.2. The van der Waals surface area contributed by atoms with Crippen molar-refractivity contribution in [1.82, 2.24) is 4.90 Å². The van der Waals surface area contributed by atoms with Crippen LogP contribution in [0.15, 0.2) is 57.7 Å². The molecule has 3 aromatic rings. The second-order valence-electron chi connectivity index (χ2n) is 6.49. The Bertz CT molecular complexity index is 947. The van der Waals surface area contributed by atoms with E-state index in [0.29, 0.717) is 36.5 Å². The highest BCUT2D eigenvalue weighted by Gasteiger charge is 2.20. The molecule has 0 spiro atoms. The van der Waals surface area contributed by atoms with Gasteiger partial charge in [-0.05, 0) is 19.1 Å². The molecule has 1 saturated heterocycles. The molecule has 0 atom stereocenters. The van der Waals surface area contributed by atoms with Crippen LogP contribution in [0.25, 0.3) is 22.3 Å². The summed E-state index contributed by atoms with van der Waals surface area (Å²) in [5.41, 5.74) is 3.43. The first-order chi connectivity index (χ1) is 12.2. The third kappa shape index (κ3) is 3.68. The summed E-state index contributed by atoms with van der Waals surface area (Å²) in [7, 11) is 0. The molecule has 1 aromatic heterocycles. The molecular weight excluding hydrogens is 350 g/mol. The Morgan fingerprint density at radius 1 is 1.04 bits per heavy atom. The molecule has 1 fully saturated rings. The predicted molar refractivity (Wildman–Crippen MR) is 106 cm³/mol. The van der Waals surface area contributed by atoms with Gasteiger partial charge in [0.2, 0.25) is 0 Å². The molecule has 2 heterocycles. The first-order valence-corrected chi connectivity index (χ1v) is 8.64. The van der Waals surface area contributed by atoms with Crippen molar-refractivity contribution in [1.29, 1.82) is 0 Å². The monoisotopic (exact) mass is 371 g/mol. The molecule has 1 aliphatic heterocycles. The number of ether oxygens (including phenoxy) is 1. The van der Waals surface area contributed by atoms with Crippen molar-refractivity contribution in [2.45, 2.75) is 13.5 Å². The lowest BCUT2D eigenvalue weighted by Crippen LogP contribution is -2.37. The lowest BCUT2D eigenvalue weighted by Gasteiger charge is -2.27. The van der Waals surface area contributed by atoms with Crippen molar-refractivity contribution in [3.63, 3.8) is 0 Å². The molecule has 2 aromatic carbocycles. The van der Waals surface area contributed by atoms with E-state index in [-0.39, 0.29) is 17.8 Å². The van der Waals surface area contributed by atoms with Gasteiger partial charge in [0.25, 0.3) is 0 Å². The molecule has 0 aliphatic carbocycles. The van der Waals surface area contributed by atoms with E-state index >= 15 is 0 Å². The standard InChI is InChI=1S/C21H21NO3.ClH/c1-15-7-8-19-17(13-15)20(23)18(14-22-9-11-24-12-10-22)21(25-19)16-5-3-2-4-6-16;/h2-8,13H,9-12,14H2,1H3;1H. The van der Waals surface area contributed by atoms with Crippen LogP contribution in [0.1, 0.15) is 11.1 Å². The summed E-state index contributed by atoms with van der Waals surface area (Å²) >= 11 is 0. The minimum Gasteiger partial charge on any atom is -0.455 e. The largest absolute Gasteiger partial charge is 0.455 e. The second kappa shape index (κ2) is 8.04. The third-order valence-electron chi connectivity index (χ3n) is 4.66. The van der Waals surface area contributed by atoms with Gasteiger partial charge >= 0.3 is 0 Å². The number of fused-ring (bicyclic) bond motifs is 1. The molecule has 136 valence electrons. The van der Waals surface area contributed by atoms with Gasteiger partial charge in [0.05, 0.1) is 24.2 Å². The molecule has 5 heteroatoms. The van der Waals surface area contributed by atoms with E-state index in [9.17, 15) is 4.79 Å². The van der Waals surface area contributed by atoms with Crippen LogP contribution in [-0.2, 0) is 11.3 Å². The number of halogens is 1. The molecule has 0 unspecified atom stereocenters. The van der Waals surface area contributed by atoms with Crippen molar-refractivity contribution in [3.05, 3.63) is 69.9 Å². The normalized spacial score (nSPS) is 15.0. The summed E-state index contributed by atoms with van der Waals surface area (Å²) < 4.78 is 11.6. The Balaban J connectivity index is 0.00000196. The van der Waals surface area contributed by atoms with Crippen LogP contribution in [0.4, 0.5) is 0 Å². The summed E-state index contributed by atoms with van der Waals surface area (Å²) in [5.74, 6) is 0.674. The lowest BCUT2D eigenvalue weighted by molar-refractivity contribution is 0.0340. The van der Waals surface area contributed by atoms with Crippen LogP contribution in [0.2, 0.25) is 0 Å². The quantitative estimate of drug-likeness (QED) is 0.697. The van der Waals surface area contributed by atoms with Crippen LogP contribution in [0, 0.1) is 6.92 Å². The summed E-state index contributed by atoms with van der Waals surface area (Å²) in [6.45, 7) is 5.65. The fourth-order valence-corrected chi connectivity index (χ4v) is 3.30. The summed E-state index contributed by atoms with van der Waals surface area (Å²) in [5, 5.41) is 0.656. The van der Waals surface area contributed by atoms with Gasteiger partial charge in [-0.2, -0.15) is 0 Å². The zero-order valence-electron chi connectivity index (χ0n) is 14.7. The number of benzene rings is 2. The van der Waals surface area contributed by atoms with Crippen LogP contribution in [-0.4, -0.2) is 31.2 Å². The van der Waals surface area contributed by atoms with Gasteiger partial charge in [0.15, 0.2) is 5.43 Å². The molecule has 0 radical (unpaired) electrons. The number of hydrogen-bond donors (Lipinski definition) is 0. The predicted octanol–water partition coefficient (Wildman–Crippen LogP) is 4.02. The maximum Gasteiger partial charge on any atom is 0.197 e. The molecule has 0 saturated carbocycles. The van der Waals surface area contributed by atoms with Crippen molar-refractivity contribution in [2.75, 3.05) is 26.3 Å². The van der Waals surface area contributed by atoms with E-state index in [1.807, 2.05) is 55.5 Å². The summed E-state index contributed by atoms with van der Waals surface area (Å²) in [6, 6.07) is 15.6. The van der Waals surface area contributed by atoms with Gasteiger partial charge in [-0.3, -0.25) is 9.69 Å². The Labute approximate surface area is 158 Å². The minimum absolute atomic E-state index is 0. The van der Waals surface area contributed by atoms with Crippen molar-refractivity contribution < 1.29 is 9.15 Å². The van der Waals surface area contributed by atoms with Crippen LogP contribution >= 0.6 is 12.4 Å². The van der Waals surface area contributed by atoms with E-state index in [0.717, 1.165) is 29.8 Å². The SMILES string of the molecule is Cc1ccc2oc(-c3ccccc3)c(CN3CCOCC3)c(=O)c2c1.Cl. The molecule has 4 nitrogen and oxygen atoms in total. The molecular formula is C21H22ClNO3. The third-order valence-corrected chi connectivity index (χ3v) is 4.66. The van der Waals surface area contributed by atoms with E-state index in [2.05, 4.69) is 4.90 Å². The van der Waals surface area contributed by atoms with Crippen LogP contribution in [0.3, 0.4) is 0 Å². The van der Waals surface area contributed by atoms with E-state index in [1.165, 1.54) is 0 Å². The molecule has 0 amide bonds. The topological polar surface area (TPSA) is 42.7 Å². The highest BCUT2D eigenvalue weighted by Crippen LogP contribution is 2.27. The van der Waals surface area contributed by atoms with Crippen molar-refractivity contribution >= 4 is 23.4 Å². The van der Waals surface area contributed by atoms with E-state index in [1.54, 1.807) is 0 Å². The first-order valence-electron chi connectivity index (χ1n) is 8.64. The first kappa shape index (κ1) is 18.6. The molecule has 1 aliphatic rings. The fraction of sp³-hybridized carbons (Fsp3) is 0.286. The number of nitrogens with zero attached hydrogens (tertiary/aromatic N) is 1. The van der Waals surface area contributed by atoms with Crippen LogP contribution in [0.5, 0.6) is 0 Å². The second-order valence-corrected chi connectivity index (χ2v) is 6.49. The smallest absolute Gasteiger partial charge is 0.197 e. The van der Waals surface area contributed by atoms with Gasteiger partial charge in [-0.1, -0.05) is 42.0 Å². The average Bonchev–Trinajstić information content (AvgIpc) is 2.66. The average molecular weight is 372 g/mol. The molecule has 4 rings (SSSR count). The maximum absolute atomic E-state index is 13.2.